The molecule has 0 saturated heterocycles. The van der Waals surface area contributed by atoms with Crippen molar-refractivity contribution in [3.05, 3.63) is 63.8 Å². The van der Waals surface area contributed by atoms with Crippen LogP contribution in [0, 0.1) is 13.8 Å². The van der Waals surface area contributed by atoms with E-state index < -0.39 is 17.7 Å². The summed E-state index contributed by atoms with van der Waals surface area (Å²) in [6, 6.07) is 12.6. The summed E-state index contributed by atoms with van der Waals surface area (Å²) >= 11 is 3.42. The highest BCUT2D eigenvalue weighted by molar-refractivity contribution is 9.10. The molecule has 0 radical (unpaired) electrons. The van der Waals surface area contributed by atoms with Crippen LogP contribution < -0.4 is 16.1 Å². The van der Waals surface area contributed by atoms with E-state index in [1.807, 2.05) is 52.0 Å². The predicted octanol–water partition coefficient (Wildman–Crippen LogP) is 4.26. The lowest BCUT2D eigenvalue weighted by Crippen LogP contribution is -2.43. The molecule has 0 spiro atoms. The number of benzene rings is 2. The Balaban J connectivity index is 1.97. The van der Waals surface area contributed by atoms with Crippen LogP contribution in [0.4, 0.5) is 5.69 Å². The number of halogens is 1. The number of anilines is 1. The molecule has 3 N–H and O–H groups in total. The Morgan fingerprint density at radius 2 is 1.81 bits per heavy atom. The Hall–Kier alpha value is -3.13. The van der Waals surface area contributed by atoms with Crippen LogP contribution in [-0.4, -0.2) is 28.4 Å². The van der Waals surface area contributed by atoms with Crippen molar-refractivity contribution < 1.29 is 14.4 Å². The van der Waals surface area contributed by atoms with Gasteiger partial charge in [0.2, 0.25) is 0 Å². The lowest BCUT2D eigenvalue weighted by molar-refractivity contribution is -0.137. The van der Waals surface area contributed by atoms with Crippen LogP contribution >= 0.6 is 15.9 Å². The molecule has 162 valence electrons. The third-order valence-electron chi connectivity index (χ3n) is 5.26. The topological polar surface area (TPSA) is 92.2 Å². The van der Waals surface area contributed by atoms with E-state index in [0.717, 1.165) is 21.0 Å². The van der Waals surface area contributed by atoms with Crippen molar-refractivity contribution in [2.24, 2.45) is 0 Å². The van der Waals surface area contributed by atoms with Gasteiger partial charge in [-0.05, 0) is 68.7 Å². The van der Waals surface area contributed by atoms with E-state index in [0.29, 0.717) is 17.6 Å². The van der Waals surface area contributed by atoms with Crippen LogP contribution in [0.3, 0.4) is 0 Å². The highest BCUT2D eigenvalue weighted by Gasteiger charge is 2.22. The maximum Gasteiger partial charge on any atom is 0.328 e. The van der Waals surface area contributed by atoms with Crippen molar-refractivity contribution in [2.75, 3.05) is 10.7 Å². The standard InChI is InChI=1S/C23H25BrN4O3/c1-5-14(3)25-22(30)23(31)27-28-19-10-9-17(24)11-16(19)12-20(28)21(29)26-18-8-6-7-13(2)15(18)4/h6-12,14H,5H2,1-4H3,(H,25,30)(H,26,29)(H,27,31)/t14-/m1/s1. The van der Waals surface area contributed by atoms with Gasteiger partial charge < -0.3 is 10.6 Å². The molecular weight excluding hydrogens is 460 g/mol. The lowest BCUT2D eigenvalue weighted by Gasteiger charge is -2.15. The first kappa shape index (κ1) is 22.6. The monoisotopic (exact) mass is 484 g/mol. The van der Waals surface area contributed by atoms with Gasteiger partial charge in [-0.25, -0.2) is 4.68 Å². The van der Waals surface area contributed by atoms with E-state index in [9.17, 15) is 14.4 Å². The molecule has 0 fully saturated rings. The quantitative estimate of drug-likeness (QED) is 0.472. The molecule has 3 rings (SSSR count). The molecule has 0 unspecified atom stereocenters. The Kier molecular flexibility index (Phi) is 6.80. The first-order valence-electron chi connectivity index (χ1n) is 10.0. The molecule has 0 aliphatic carbocycles. The van der Waals surface area contributed by atoms with Gasteiger partial charge in [-0.1, -0.05) is 35.0 Å². The molecule has 2 aromatic carbocycles. The molecule has 7 nitrogen and oxygen atoms in total. The second kappa shape index (κ2) is 9.34. The SMILES string of the molecule is CC[C@@H](C)NC(=O)C(=O)Nn1c(C(=O)Nc2cccc(C)c2C)cc2cc(Br)ccc21. The van der Waals surface area contributed by atoms with Crippen LogP contribution in [0.2, 0.25) is 0 Å². The van der Waals surface area contributed by atoms with Gasteiger partial charge in [-0.2, -0.15) is 0 Å². The maximum atomic E-state index is 13.1. The fourth-order valence-corrected chi connectivity index (χ4v) is 3.47. The minimum Gasteiger partial charge on any atom is -0.345 e. The number of carbonyl (C=O) groups is 3. The number of hydrogen-bond acceptors (Lipinski definition) is 3. The van der Waals surface area contributed by atoms with Crippen LogP contribution in [0.1, 0.15) is 41.9 Å². The molecule has 31 heavy (non-hydrogen) atoms. The van der Waals surface area contributed by atoms with E-state index in [4.69, 9.17) is 0 Å². The number of nitrogens with one attached hydrogen (secondary N) is 3. The number of aromatic nitrogens is 1. The number of amides is 3. The Morgan fingerprint density at radius 3 is 2.52 bits per heavy atom. The van der Waals surface area contributed by atoms with Gasteiger partial charge in [0.05, 0.1) is 5.52 Å². The second-order valence-corrected chi connectivity index (χ2v) is 8.41. The van der Waals surface area contributed by atoms with Gasteiger partial charge in [-0.15, -0.1) is 0 Å². The predicted molar refractivity (Wildman–Crippen MR) is 126 cm³/mol. The third kappa shape index (κ3) is 4.96. The highest BCUT2D eigenvalue weighted by atomic mass is 79.9. The number of carbonyl (C=O) groups excluding carboxylic acids is 3. The first-order chi connectivity index (χ1) is 14.7. The average Bonchev–Trinajstić information content (AvgIpc) is 3.08. The summed E-state index contributed by atoms with van der Waals surface area (Å²) in [5.74, 6) is -2.00. The van der Waals surface area contributed by atoms with Gasteiger partial charge >= 0.3 is 11.8 Å². The summed E-state index contributed by atoms with van der Waals surface area (Å²) in [5.41, 5.74) is 6.06. The molecule has 3 amide bonds. The Bertz CT molecular complexity index is 1170. The molecule has 3 aromatic rings. The second-order valence-electron chi connectivity index (χ2n) is 7.49. The van der Waals surface area contributed by atoms with Gasteiger partial charge in [0, 0.05) is 21.6 Å². The fourth-order valence-electron chi connectivity index (χ4n) is 3.09. The van der Waals surface area contributed by atoms with Gasteiger partial charge in [0.1, 0.15) is 5.69 Å². The molecule has 0 aliphatic heterocycles. The van der Waals surface area contributed by atoms with Crippen LogP contribution in [0.15, 0.2) is 46.9 Å². The fraction of sp³-hybridized carbons (Fsp3) is 0.261. The van der Waals surface area contributed by atoms with E-state index in [1.54, 1.807) is 18.2 Å². The zero-order valence-corrected chi connectivity index (χ0v) is 19.5. The first-order valence-corrected chi connectivity index (χ1v) is 10.8. The average molecular weight is 485 g/mol. The van der Waals surface area contributed by atoms with Crippen molar-refractivity contribution >= 4 is 50.2 Å². The Labute approximate surface area is 189 Å². The van der Waals surface area contributed by atoms with Crippen LogP contribution in [0.25, 0.3) is 10.9 Å². The van der Waals surface area contributed by atoms with E-state index in [2.05, 4.69) is 32.0 Å². The van der Waals surface area contributed by atoms with Gasteiger partial charge in [-0.3, -0.25) is 19.8 Å². The van der Waals surface area contributed by atoms with Crippen molar-refractivity contribution in [2.45, 2.75) is 40.2 Å². The molecule has 8 heteroatoms. The molecule has 1 heterocycles. The number of fused-ring (bicyclic) bond motifs is 1. The van der Waals surface area contributed by atoms with E-state index in [-0.39, 0.29) is 11.7 Å². The summed E-state index contributed by atoms with van der Waals surface area (Å²) in [6.07, 6.45) is 0.697. The zero-order valence-electron chi connectivity index (χ0n) is 17.9. The van der Waals surface area contributed by atoms with E-state index in [1.165, 1.54) is 4.68 Å². The summed E-state index contributed by atoms with van der Waals surface area (Å²) in [4.78, 5) is 37.9. The lowest BCUT2D eigenvalue weighted by atomic mass is 10.1. The largest absolute Gasteiger partial charge is 0.345 e. The summed E-state index contributed by atoms with van der Waals surface area (Å²) < 4.78 is 2.18. The molecular formula is C23H25BrN4O3. The number of rotatable bonds is 5. The van der Waals surface area contributed by atoms with Gasteiger partial charge in [0.25, 0.3) is 5.91 Å². The van der Waals surface area contributed by atoms with Crippen LogP contribution in [-0.2, 0) is 9.59 Å². The Morgan fingerprint density at radius 1 is 1.06 bits per heavy atom. The number of nitrogens with zero attached hydrogens (tertiary/aromatic N) is 1. The molecule has 1 atom stereocenters. The minimum absolute atomic E-state index is 0.136. The van der Waals surface area contributed by atoms with E-state index >= 15 is 0 Å². The maximum absolute atomic E-state index is 13.1. The molecule has 1 aromatic heterocycles. The summed E-state index contributed by atoms with van der Waals surface area (Å²) in [5, 5.41) is 6.27. The number of aryl methyl sites for hydroxylation is 1. The number of hydrogen-bond donors (Lipinski definition) is 3. The third-order valence-corrected chi connectivity index (χ3v) is 5.75. The van der Waals surface area contributed by atoms with Crippen molar-refractivity contribution in [1.82, 2.24) is 9.99 Å². The van der Waals surface area contributed by atoms with Crippen molar-refractivity contribution in [3.8, 4) is 0 Å². The van der Waals surface area contributed by atoms with Crippen molar-refractivity contribution in [3.63, 3.8) is 0 Å². The highest BCUT2D eigenvalue weighted by Crippen LogP contribution is 2.25. The van der Waals surface area contributed by atoms with Crippen molar-refractivity contribution in [1.29, 1.82) is 0 Å². The normalized spacial score (nSPS) is 11.8. The van der Waals surface area contributed by atoms with Gasteiger partial charge in [0.15, 0.2) is 0 Å². The summed E-state index contributed by atoms with van der Waals surface area (Å²) in [7, 11) is 0. The summed E-state index contributed by atoms with van der Waals surface area (Å²) in [6.45, 7) is 7.63. The zero-order chi connectivity index (χ0) is 22.7. The molecule has 0 aliphatic rings. The molecule has 0 saturated carbocycles. The molecule has 0 bridgehead atoms. The smallest absolute Gasteiger partial charge is 0.328 e. The minimum atomic E-state index is -0.846. The van der Waals surface area contributed by atoms with Crippen LogP contribution in [0.5, 0.6) is 0 Å².